The molecule has 0 aliphatic heterocycles. The average Bonchev–Trinajstić information content (AvgIpc) is 2.98. The van der Waals surface area contributed by atoms with E-state index in [0.717, 1.165) is 17.4 Å². The number of nitrogens with zero attached hydrogens (tertiary/aromatic N) is 4. The van der Waals surface area contributed by atoms with E-state index in [-0.39, 0.29) is 10.8 Å². The number of anilines is 1. The molecule has 0 aliphatic carbocycles. The van der Waals surface area contributed by atoms with Crippen LogP contribution < -0.4 is 5.73 Å². The molecular weight excluding hydrogens is 398 g/mol. The number of fused-ring (bicyclic) bond motifs is 1. The van der Waals surface area contributed by atoms with Crippen LogP contribution in [-0.2, 0) is 9.84 Å². The van der Waals surface area contributed by atoms with Gasteiger partial charge in [0.15, 0.2) is 5.65 Å². The van der Waals surface area contributed by atoms with Crippen LogP contribution in [0, 0.1) is 6.92 Å². The summed E-state index contributed by atoms with van der Waals surface area (Å²) in [4.78, 5) is 8.45. The number of aryl methyl sites for hydroxylation is 1. The summed E-state index contributed by atoms with van der Waals surface area (Å²) in [5, 5.41) is 5.21. The summed E-state index contributed by atoms with van der Waals surface area (Å²) in [7, 11) is -3.64. The first kappa shape index (κ1) is 18.4. The second-order valence-electron chi connectivity index (χ2n) is 6.47. The SMILES string of the molecule is Cc1cccc(-c2nc(S(C)(=O)=O)nc3nn(-c4ccc(Cl)cc4)c(N)c23)c1. The Bertz CT molecular complexity index is 1310. The first-order valence-electron chi connectivity index (χ1n) is 8.33. The van der Waals surface area contributed by atoms with Crippen molar-refractivity contribution in [2.24, 2.45) is 0 Å². The third-order valence-corrected chi connectivity index (χ3v) is 5.34. The molecule has 9 heteroatoms. The fraction of sp³-hybridized carbons (Fsp3) is 0.105. The third kappa shape index (κ3) is 3.21. The van der Waals surface area contributed by atoms with Crippen LogP contribution >= 0.6 is 11.6 Å². The van der Waals surface area contributed by atoms with E-state index in [2.05, 4.69) is 15.1 Å². The van der Waals surface area contributed by atoms with Crippen LogP contribution in [0.3, 0.4) is 0 Å². The van der Waals surface area contributed by atoms with E-state index < -0.39 is 9.84 Å². The van der Waals surface area contributed by atoms with E-state index in [9.17, 15) is 8.42 Å². The van der Waals surface area contributed by atoms with Gasteiger partial charge < -0.3 is 5.73 Å². The van der Waals surface area contributed by atoms with Crippen molar-refractivity contribution in [2.75, 3.05) is 12.0 Å². The van der Waals surface area contributed by atoms with E-state index in [1.807, 2.05) is 31.2 Å². The van der Waals surface area contributed by atoms with Crippen LogP contribution in [0.1, 0.15) is 5.56 Å². The Labute approximate surface area is 166 Å². The molecule has 4 aromatic rings. The lowest BCUT2D eigenvalue weighted by Gasteiger charge is -2.07. The number of hydrogen-bond acceptors (Lipinski definition) is 6. The number of benzene rings is 2. The Morgan fingerprint density at radius 3 is 2.43 bits per heavy atom. The molecule has 0 bridgehead atoms. The number of nitrogens with two attached hydrogens (primary N) is 1. The Morgan fingerprint density at radius 1 is 1.07 bits per heavy atom. The molecule has 0 fully saturated rings. The Hall–Kier alpha value is -2.97. The zero-order valence-corrected chi connectivity index (χ0v) is 16.7. The summed E-state index contributed by atoms with van der Waals surface area (Å²) in [5.74, 6) is 0.314. The molecule has 0 saturated heterocycles. The van der Waals surface area contributed by atoms with Gasteiger partial charge in [0.05, 0.1) is 16.8 Å². The van der Waals surface area contributed by atoms with Crippen LogP contribution in [-0.4, -0.2) is 34.4 Å². The monoisotopic (exact) mass is 413 g/mol. The summed E-state index contributed by atoms with van der Waals surface area (Å²) in [6, 6.07) is 14.5. The van der Waals surface area contributed by atoms with Crippen molar-refractivity contribution < 1.29 is 8.42 Å². The predicted molar refractivity (Wildman–Crippen MR) is 109 cm³/mol. The van der Waals surface area contributed by atoms with Crippen molar-refractivity contribution in [3.05, 3.63) is 59.1 Å². The zero-order valence-electron chi connectivity index (χ0n) is 15.1. The topological polar surface area (TPSA) is 104 Å². The van der Waals surface area contributed by atoms with Crippen molar-refractivity contribution in [1.82, 2.24) is 19.7 Å². The van der Waals surface area contributed by atoms with Crippen LogP contribution in [0.5, 0.6) is 0 Å². The standard InChI is InChI=1S/C19H16ClN5O2S/c1-11-4-3-5-12(10-11)16-15-17(21)25(14-8-6-13(20)7-9-14)24-18(15)23-19(22-16)28(2,26)27/h3-10H,21H2,1-2H3. The molecule has 0 aliphatic rings. The normalized spacial score (nSPS) is 11.8. The second-order valence-corrected chi connectivity index (χ2v) is 8.81. The lowest BCUT2D eigenvalue weighted by molar-refractivity contribution is 0.593. The van der Waals surface area contributed by atoms with Gasteiger partial charge in [-0.05, 0) is 37.3 Å². The maximum Gasteiger partial charge on any atom is 0.249 e. The van der Waals surface area contributed by atoms with Crippen molar-refractivity contribution in [3.63, 3.8) is 0 Å². The highest BCUT2D eigenvalue weighted by Crippen LogP contribution is 2.33. The highest BCUT2D eigenvalue weighted by atomic mass is 35.5. The number of rotatable bonds is 3. The Balaban J connectivity index is 2.07. The molecule has 2 aromatic heterocycles. The summed E-state index contributed by atoms with van der Waals surface area (Å²) in [6.45, 7) is 1.94. The fourth-order valence-corrected chi connectivity index (χ4v) is 3.57. The van der Waals surface area contributed by atoms with Crippen molar-refractivity contribution >= 4 is 38.3 Å². The molecule has 28 heavy (non-hydrogen) atoms. The van der Waals surface area contributed by atoms with E-state index >= 15 is 0 Å². The molecule has 4 rings (SSSR count). The molecule has 0 amide bonds. The van der Waals surface area contributed by atoms with Crippen LogP contribution in [0.25, 0.3) is 28.0 Å². The molecular formula is C19H16ClN5O2S. The maximum absolute atomic E-state index is 12.1. The highest BCUT2D eigenvalue weighted by molar-refractivity contribution is 7.90. The molecule has 2 heterocycles. The van der Waals surface area contributed by atoms with Gasteiger partial charge in [-0.3, -0.25) is 0 Å². The molecule has 0 radical (unpaired) electrons. The predicted octanol–water partition coefficient (Wildman–Crippen LogP) is 3.43. The first-order chi connectivity index (χ1) is 13.2. The largest absolute Gasteiger partial charge is 0.383 e. The summed E-state index contributed by atoms with van der Waals surface area (Å²) < 4.78 is 25.7. The van der Waals surface area contributed by atoms with Crippen molar-refractivity contribution in [2.45, 2.75) is 12.1 Å². The number of nitrogen functional groups attached to an aromatic ring is 1. The number of halogens is 1. The number of aromatic nitrogens is 4. The van der Waals surface area contributed by atoms with Crippen LogP contribution in [0.4, 0.5) is 5.82 Å². The number of sulfone groups is 1. The maximum atomic E-state index is 12.1. The third-order valence-electron chi connectivity index (χ3n) is 4.24. The molecule has 7 nitrogen and oxygen atoms in total. The average molecular weight is 414 g/mol. The minimum absolute atomic E-state index is 0.208. The molecule has 2 aromatic carbocycles. The minimum Gasteiger partial charge on any atom is -0.383 e. The van der Waals surface area contributed by atoms with Crippen LogP contribution in [0.2, 0.25) is 5.02 Å². The van der Waals surface area contributed by atoms with Gasteiger partial charge in [-0.15, -0.1) is 5.10 Å². The number of hydrogen-bond donors (Lipinski definition) is 1. The smallest absolute Gasteiger partial charge is 0.249 e. The second kappa shape index (κ2) is 6.57. The van der Waals surface area contributed by atoms with Gasteiger partial charge in [-0.1, -0.05) is 35.4 Å². The molecule has 0 atom stereocenters. The van der Waals surface area contributed by atoms with Gasteiger partial charge in [-0.2, -0.15) is 4.98 Å². The highest BCUT2D eigenvalue weighted by Gasteiger charge is 2.22. The summed E-state index contributed by atoms with van der Waals surface area (Å²) >= 11 is 5.96. The lowest BCUT2D eigenvalue weighted by Crippen LogP contribution is -2.06. The van der Waals surface area contributed by atoms with Gasteiger partial charge in [-0.25, -0.2) is 18.1 Å². The quantitative estimate of drug-likeness (QED) is 0.516. The van der Waals surface area contributed by atoms with Crippen LogP contribution in [0.15, 0.2) is 53.7 Å². The van der Waals surface area contributed by atoms with E-state index in [1.54, 1.807) is 24.3 Å². The molecule has 0 saturated carbocycles. The molecule has 0 spiro atoms. The van der Waals surface area contributed by atoms with Gasteiger partial charge in [0.2, 0.25) is 15.0 Å². The van der Waals surface area contributed by atoms with E-state index in [4.69, 9.17) is 17.3 Å². The van der Waals surface area contributed by atoms with Crippen molar-refractivity contribution in [3.8, 4) is 16.9 Å². The van der Waals surface area contributed by atoms with Gasteiger partial charge in [0, 0.05) is 16.8 Å². The summed E-state index contributed by atoms with van der Waals surface area (Å²) in [5.41, 5.74) is 9.43. The molecule has 0 unspecified atom stereocenters. The van der Waals surface area contributed by atoms with Gasteiger partial charge >= 0.3 is 0 Å². The van der Waals surface area contributed by atoms with Gasteiger partial charge in [0.25, 0.3) is 0 Å². The molecule has 142 valence electrons. The summed E-state index contributed by atoms with van der Waals surface area (Å²) in [6.07, 6.45) is 1.06. The van der Waals surface area contributed by atoms with E-state index in [1.165, 1.54) is 4.68 Å². The van der Waals surface area contributed by atoms with Gasteiger partial charge in [0.1, 0.15) is 5.82 Å². The Kier molecular flexibility index (Phi) is 4.32. The fourth-order valence-electron chi connectivity index (χ4n) is 2.94. The Morgan fingerprint density at radius 2 is 1.79 bits per heavy atom. The molecule has 2 N–H and O–H groups in total. The lowest BCUT2D eigenvalue weighted by atomic mass is 10.1. The first-order valence-corrected chi connectivity index (χ1v) is 10.6. The van der Waals surface area contributed by atoms with Crippen molar-refractivity contribution in [1.29, 1.82) is 0 Å². The minimum atomic E-state index is -3.64. The zero-order chi connectivity index (χ0) is 20.1. The van der Waals surface area contributed by atoms with E-state index in [0.29, 0.717) is 27.6 Å².